The summed E-state index contributed by atoms with van der Waals surface area (Å²) in [5.74, 6) is 0.821. The topological polar surface area (TPSA) is 33.2 Å². The first-order valence-corrected chi connectivity index (χ1v) is 5.94. The van der Waals surface area contributed by atoms with E-state index in [9.17, 15) is 4.79 Å². The summed E-state index contributed by atoms with van der Waals surface area (Å²) in [5.41, 5.74) is 0.928. The molecule has 1 unspecified atom stereocenters. The molecule has 1 aliphatic rings. The Morgan fingerprint density at radius 2 is 2.40 bits per heavy atom. The molecule has 0 saturated carbocycles. The van der Waals surface area contributed by atoms with Crippen LogP contribution in [0.3, 0.4) is 0 Å². The smallest absolute Gasteiger partial charge is 0.229 e. The molecule has 3 nitrogen and oxygen atoms in total. The molecule has 1 aromatic heterocycles. The molecular formula is C10H10BrClN2O. The highest BCUT2D eigenvalue weighted by Gasteiger charge is 2.30. The largest absolute Gasteiger partial charge is 0.295 e. The van der Waals surface area contributed by atoms with Gasteiger partial charge in [-0.1, -0.05) is 27.5 Å². The molecule has 0 spiro atoms. The van der Waals surface area contributed by atoms with Gasteiger partial charge in [-0.2, -0.15) is 0 Å². The first-order valence-electron chi connectivity index (χ1n) is 4.64. The quantitative estimate of drug-likeness (QED) is 0.744. The highest BCUT2D eigenvalue weighted by atomic mass is 79.9. The number of nitrogens with zero attached hydrogens (tertiary/aromatic N) is 2. The van der Waals surface area contributed by atoms with Crippen molar-refractivity contribution in [2.75, 3.05) is 11.4 Å². The lowest BCUT2D eigenvalue weighted by molar-refractivity contribution is -0.117. The monoisotopic (exact) mass is 288 g/mol. The zero-order chi connectivity index (χ0) is 11.0. The first kappa shape index (κ1) is 10.9. The molecule has 5 heteroatoms. The predicted molar refractivity (Wildman–Crippen MR) is 63.7 cm³/mol. The number of aromatic nitrogens is 1. The molecule has 0 radical (unpaired) electrons. The van der Waals surface area contributed by atoms with Crippen LogP contribution >= 0.6 is 27.5 Å². The lowest BCUT2D eigenvalue weighted by atomic mass is 10.3. The Balaban J connectivity index is 2.34. The number of carbonyl (C=O) groups excluding carboxylic acids is 1. The first-order chi connectivity index (χ1) is 7.08. The third-order valence-electron chi connectivity index (χ3n) is 2.35. The normalized spacial score (nSPS) is 21.1. The van der Waals surface area contributed by atoms with Gasteiger partial charge in [-0.3, -0.25) is 9.69 Å². The minimum atomic E-state index is 0.106. The molecule has 80 valence electrons. The standard InChI is InChI=1S/C10H10BrClN2O/c1-6-2-8(12)4-13-10(6)14-5-7(11)3-9(14)15/h2,4,7H,3,5H2,1H3. The number of aryl methyl sites for hydroxylation is 1. The van der Waals surface area contributed by atoms with E-state index in [1.807, 2.05) is 13.0 Å². The molecule has 0 aromatic carbocycles. The Labute approximate surface area is 102 Å². The average Bonchev–Trinajstić information content (AvgIpc) is 2.45. The minimum Gasteiger partial charge on any atom is -0.295 e. The Morgan fingerprint density at radius 1 is 1.67 bits per heavy atom. The summed E-state index contributed by atoms with van der Waals surface area (Å²) >= 11 is 9.25. The minimum absolute atomic E-state index is 0.106. The fourth-order valence-electron chi connectivity index (χ4n) is 1.68. The van der Waals surface area contributed by atoms with E-state index < -0.39 is 0 Å². The molecular weight excluding hydrogens is 279 g/mol. The summed E-state index contributed by atoms with van der Waals surface area (Å²) in [6, 6.07) is 1.82. The molecule has 1 fully saturated rings. The zero-order valence-electron chi connectivity index (χ0n) is 8.20. The molecule has 1 aliphatic heterocycles. The number of rotatable bonds is 1. The van der Waals surface area contributed by atoms with Crippen molar-refractivity contribution in [3.63, 3.8) is 0 Å². The van der Waals surface area contributed by atoms with Crippen molar-refractivity contribution in [3.8, 4) is 0 Å². The highest BCUT2D eigenvalue weighted by Crippen LogP contribution is 2.27. The van der Waals surface area contributed by atoms with Gasteiger partial charge in [-0.25, -0.2) is 4.98 Å². The Bertz CT molecular complexity index is 410. The second-order valence-corrected chi connectivity index (χ2v) is 5.33. The van der Waals surface area contributed by atoms with E-state index in [0.29, 0.717) is 23.8 Å². The van der Waals surface area contributed by atoms with Crippen molar-refractivity contribution in [2.24, 2.45) is 0 Å². The van der Waals surface area contributed by atoms with Gasteiger partial charge in [-0.05, 0) is 18.6 Å². The van der Waals surface area contributed by atoms with Crippen molar-refractivity contribution >= 4 is 39.3 Å². The van der Waals surface area contributed by atoms with Crippen LogP contribution in [0.4, 0.5) is 5.82 Å². The number of carbonyl (C=O) groups is 1. The summed E-state index contributed by atoms with van der Waals surface area (Å²) in [7, 11) is 0. The molecule has 1 aromatic rings. The Kier molecular flexibility index (Phi) is 2.98. The fourth-order valence-corrected chi connectivity index (χ4v) is 2.46. The maximum Gasteiger partial charge on any atom is 0.229 e. The summed E-state index contributed by atoms with van der Waals surface area (Å²) < 4.78 is 0. The van der Waals surface area contributed by atoms with Crippen LogP contribution in [0.5, 0.6) is 0 Å². The average molecular weight is 290 g/mol. The van der Waals surface area contributed by atoms with E-state index in [-0.39, 0.29) is 10.7 Å². The molecule has 0 bridgehead atoms. The molecule has 2 heterocycles. The Morgan fingerprint density at radius 3 is 2.93 bits per heavy atom. The third kappa shape index (κ3) is 2.16. The van der Waals surface area contributed by atoms with Crippen LogP contribution in [-0.4, -0.2) is 22.3 Å². The number of hydrogen-bond donors (Lipinski definition) is 0. The summed E-state index contributed by atoms with van der Waals surface area (Å²) in [5, 5.41) is 0.596. The van der Waals surface area contributed by atoms with Crippen LogP contribution in [0.15, 0.2) is 12.3 Å². The van der Waals surface area contributed by atoms with Gasteiger partial charge in [0.2, 0.25) is 5.91 Å². The molecule has 0 N–H and O–H groups in total. The van der Waals surface area contributed by atoms with E-state index in [1.165, 1.54) is 0 Å². The zero-order valence-corrected chi connectivity index (χ0v) is 10.5. The number of halogens is 2. The predicted octanol–water partition coefficient (Wildman–Crippen LogP) is 2.54. The maximum absolute atomic E-state index is 11.6. The van der Waals surface area contributed by atoms with Crippen molar-refractivity contribution in [2.45, 2.75) is 18.2 Å². The molecule has 1 saturated heterocycles. The summed E-state index contributed by atoms with van der Waals surface area (Å²) in [6.45, 7) is 2.58. The number of pyridine rings is 1. The fraction of sp³-hybridized carbons (Fsp3) is 0.400. The Hall–Kier alpha value is -0.610. The number of hydrogen-bond acceptors (Lipinski definition) is 2. The van der Waals surface area contributed by atoms with Gasteiger partial charge >= 0.3 is 0 Å². The van der Waals surface area contributed by atoms with Crippen LogP contribution in [0.2, 0.25) is 5.02 Å². The SMILES string of the molecule is Cc1cc(Cl)cnc1N1CC(Br)CC1=O. The van der Waals surface area contributed by atoms with E-state index in [0.717, 1.165) is 5.56 Å². The third-order valence-corrected chi connectivity index (χ3v) is 3.17. The lowest BCUT2D eigenvalue weighted by Crippen LogP contribution is -2.26. The molecule has 15 heavy (non-hydrogen) atoms. The van der Waals surface area contributed by atoms with Crippen LogP contribution in [0.1, 0.15) is 12.0 Å². The lowest BCUT2D eigenvalue weighted by Gasteiger charge is -2.16. The van der Waals surface area contributed by atoms with Gasteiger partial charge in [0.25, 0.3) is 0 Å². The van der Waals surface area contributed by atoms with Gasteiger partial charge < -0.3 is 0 Å². The van der Waals surface area contributed by atoms with Gasteiger partial charge in [-0.15, -0.1) is 0 Å². The van der Waals surface area contributed by atoms with Gasteiger partial charge in [0.15, 0.2) is 0 Å². The number of amides is 1. The van der Waals surface area contributed by atoms with Gasteiger partial charge in [0, 0.05) is 24.0 Å². The summed E-state index contributed by atoms with van der Waals surface area (Å²) in [6.07, 6.45) is 2.10. The van der Waals surface area contributed by atoms with Gasteiger partial charge in [0.05, 0.1) is 5.02 Å². The van der Waals surface area contributed by atoms with Gasteiger partial charge in [0.1, 0.15) is 5.82 Å². The van der Waals surface area contributed by atoms with Crippen LogP contribution < -0.4 is 4.90 Å². The van der Waals surface area contributed by atoms with Crippen LogP contribution in [0, 0.1) is 6.92 Å². The summed E-state index contributed by atoms with van der Waals surface area (Å²) in [4.78, 5) is 17.8. The van der Waals surface area contributed by atoms with E-state index >= 15 is 0 Å². The van der Waals surface area contributed by atoms with Crippen molar-refractivity contribution < 1.29 is 4.79 Å². The number of alkyl halides is 1. The molecule has 1 amide bonds. The van der Waals surface area contributed by atoms with E-state index in [4.69, 9.17) is 11.6 Å². The maximum atomic E-state index is 11.6. The number of anilines is 1. The van der Waals surface area contributed by atoms with E-state index in [2.05, 4.69) is 20.9 Å². The van der Waals surface area contributed by atoms with Crippen molar-refractivity contribution in [1.29, 1.82) is 0 Å². The van der Waals surface area contributed by atoms with Crippen molar-refractivity contribution in [3.05, 3.63) is 22.8 Å². The molecule has 2 rings (SSSR count). The molecule has 0 aliphatic carbocycles. The molecule has 1 atom stereocenters. The van der Waals surface area contributed by atoms with Crippen molar-refractivity contribution in [1.82, 2.24) is 4.98 Å². The van der Waals surface area contributed by atoms with Crippen LogP contribution in [-0.2, 0) is 4.79 Å². The van der Waals surface area contributed by atoms with Crippen LogP contribution in [0.25, 0.3) is 0 Å². The highest BCUT2D eigenvalue weighted by molar-refractivity contribution is 9.09. The second-order valence-electron chi connectivity index (χ2n) is 3.60. The second kappa shape index (κ2) is 4.10. The van der Waals surface area contributed by atoms with E-state index in [1.54, 1.807) is 11.1 Å².